The smallest absolute Gasteiger partial charge is 0.119 e. The average Bonchev–Trinajstić information content (AvgIpc) is 2.95. The Kier molecular flexibility index (Phi) is 6.49. The number of hydrogen-bond donors (Lipinski definition) is 1. The third-order valence-corrected chi connectivity index (χ3v) is 4.16. The Balaban J connectivity index is 1.98. The van der Waals surface area contributed by atoms with Gasteiger partial charge in [-0.1, -0.05) is 19.1 Å². The predicted molar refractivity (Wildman–Crippen MR) is 85.8 cm³/mol. The van der Waals surface area contributed by atoms with Gasteiger partial charge in [-0.15, -0.1) is 0 Å². The third-order valence-electron chi connectivity index (χ3n) is 4.16. The number of likely N-dealkylation sites (tertiary alicyclic amines) is 1. The van der Waals surface area contributed by atoms with Gasteiger partial charge in [-0.25, -0.2) is 0 Å². The molecule has 1 aromatic rings. The van der Waals surface area contributed by atoms with E-state index in [1.807, 2.05) is 6.07 Å². The molecule has 1 aromatic carbocycles. The predicted octanol–water partition coefficient (Wildman–Crippen LogP) is 2.31. The van der Waals surface area contributed by atoms with E-state index < -0.39 is 0 Å². The quantitative estimate of drug-likeness (QED) is 0.797. The SMILES string of the molecule is CCNC(CN1CCC(COC)C1)c1cccc(OC)c1. The normalized spacial score (nSPS) is 20.6. The van der Waals surface area contributed by atoms with E-state index in [1.54, 1.807) is 14.2 Å². The highest BCUT2D eigenvalue weighted by molar-refractivity contribution is 5.30. The molecule has 4 nitrogen and oxygen atoms in total. The molecule has 0 aliphatic carbocycles. The highest BCUT2D eigenvalue weighted by atomic mass is 16.5. The number of nitrogens with one attached hydrogen (secondary N) is 1. The van der Waals surface area contributed by atoms with Crippen LogP contribution in [0.15, 0.2) is 24.3 Å². The Morgan fingerprint density at radius 2 is 2.24 bits per heavy atom. The van der Waals surface area contributed by atoms with E-state index in [-0.39, 0.29) is 0 Å². The van der Waals surface area contributed by atoms with Crippen molar-refractivity contribution in [2.45, 2.75) is 19.4 Å². The van der Waals surface area contributed by atoms with Crippen molar-refractivity contribution in [3.8, 4) is 5.75 Å². The molecular formula is C17H28N2O2. The maximum absolute atomic E-state index is 5.34. The van der Waals surface area contributed by atoms with Crippen LogP contribution in [0.2, 0.25) is 0 Å². The first-order valence-electron chi connectivity index (χ1n) is 7.85. The lowest BCUT2D eigenvalue weighted by molar-refractivity contribution is 0.152. The molecular weight excluding hydrogens is 264 g/mol. The van der Waals surface area contributed by atoms with Gasteiger partial charge in [0, 0.05) is 26.2 Å². The lowest BCUT2D eigenvalue weighted by Crippen LogP contribution is -2.34. The number of likely N-dealkylation sites (N-methyl/N-ethyl adjacent to an activating group) is 1. The molecule has 0 bridgehead atoms. The van der Waals surface area contributed by atoms with Crippen LogP contribution in [0.1, 0.15) is 24.9 Å². The van der Waals surface area contributed by atoms with E-state index in [4.69, 9.17) is 9.47 Å². The molecule has 0 aromatic heterocycles. The second-order valence-electron chi connectivity index (χ2n) is 5.76. The van der Waals surface area contributed by atoms with Crippen LogP contribution < -0.4 is 10.1 Å². The zero-order valence-electron chi connectivity index (χ0n) is 13.5. The van der Waals surface area contributed by atoms with Crippen molar-refractivity contribution in [1.29, 1.82) is 0 Å². The number of hydrogen-bond acceptors (Lipinski definition) is 4. The first kappa shape index (κ1) is 16.3. The molecule has 1 aliphatic heterocycles. The van der Waals surface area contributed by atoms with Crippen molar-refractivity contribution in [1.82, 2.24) is 10.2 Å². The molecule has 0 spiro atoms. The Bertz CT molecular complexity index is 425. The summed E-state index contributed by atoms with van der Waals surface area (Å²) in [5.74, 6) is 1.61. The summed E-state index contributed by atoms with van der Waals surface area (Å²) in [6.07, 6.45) is 1.24. The van der Waals surface area contributed by atoms with Crippen molar-refractivity contribution in [2.24, 2.45) is 5.92 Å². The standard InChI is InChI=1S/C17H28N2O2/c1-4-18-17(15-6-5-7-16(10-15)21-3)12-19-9-8-14(11-19)13-20-2/h5-7,10,14,17-18H,4,8-9,11-13H2,1-3H3. The Morgan fingerprint density at radius 3 is 2.95 bits per heavy atom. The van der Waals surface area contributed by atoms with Gasteiger partial charge in [0.25, 0.3) is 0 Å². The highest BCUT2D eigenvalue weighted by Gasteiger charge is 2.25. The summed E-state index contributed by atoms with van der Waals surface area (Å²) >= 11 is 0. The van der Waals surface area contributed by atoms with Crippen LogP contribution in [0.5, 0.6) is 5.75 Å². The van der Waals surface area contributed by atoms with E-state index in [0.717, 1.165) is 32.0 Å². The van der Waals surface area contributed by atoms with Crippen molar-refractivity contribution < 1.29 is 9.47 Å². The first-order chi connectivity index (χ1) is 10.3. The number of ether oxygens (including phenoxy) is 2. The summed E-state index contributed by atoms with van der Waals surface area (Å²) in [5.41, 5.74) is 1.30. The maximum Gasteiger partial charge on any atom is 0.119 e. The number of rotatable bonds is 8. The van der Waals surface area contributed by atoms with E-state index in [1.165, 1.54) is 18.5 Å². The van der Waals surface area contributed by atoms with Crippen LogP contribution in [0, 0.1) is 5.92 Å². The molecule has 1 saturated heterocycles. The molecule has 0 radical (unpaired) electrons. The van der Waals surface area contributed by atoms with Gasteiger partial charge in [-0.3, -0.25) is 0 Å². The summed E-state index contributed by atoms with van der Waals surface area (Å²) in [6.45, 7) is 7.35. The molecule has 2 rings (SSSR count). The van der Waals surface area contributed by atoms with Crippen LogP contribution in [-0.4, -0.2) is 51.9 Å². The van der Waals surface area contributed by atoms with Gasteiger partial charge in [0.05, 0.1) is 13.7 Å². The first-order valence-corrected chi connectivity index (χ1v) is 7.85. The maximum atomic E-state index is 5.34. The fraction of sp³-hybridized carbons (Fsp3) is 0.647. The second kappa shape index (κ2) is 8.37. The van der Waals surface area contributed by atoms with Crippen molar-refractivity contribution in [3.63, 3.8) is 0 Å². The van der Waals surface area contributed by atoms with Crippen LogP contribution in [-0.2, 0) is 4.74 Å². The molecule has 1 N–H and O–H groups in total. The zero-order valence-corrected chi connectivity index (χ0v) is 13.5. The van der Waals surface area contributed by atoms with E-state index in [0.29, 0.717) is 12.0 Å². The van der Waals surface area contributed by atoms with E-state index in [9.17, 15) is 0 Å². The van der Waals surface area contributed by atoms with Crippen LogP contribution >= 0.6 is 0 Å². The largest absolute Gasteiger partial charge is 0.497 e. The minimum Gasteiger partial charge on any atom is -0.497 e. The van der Waals surface area contributed by atoms with Crippen molar-refractivity contribution in [3.05, 3.63) is 29.8 Å². The molecule has 1 fully saturated rings. The van der Waals surface area contributed by atoms with E-state index in [2.05, 4.69) is 35.3 Å². The molecule has 0 amide bonds. The summed E-state index contributed by atoms with van der Waals surface area (Å²) in [5, 5.41) is 3.60. The minimum absolute atomic E-state index is 0.353. The number of methoxy groups -OCH3 is 2. The molecule has 1 aliphatic rings. The van der Waals surface area contributed by atoms with E-state index >= 15 is 0 Å². The lowest BCUT2D eigenvalue weighted by atomic mass is 10.1. The van der Waals surface area contributed by atoms with Gasteiger partial charge in [-0.2, -0.15) is 0 Å². The summed E-state index contributed by atoms with van der Waals surface area (Å²) in [4.78, 5) is 2.54. The number of benzene rings is 1. The minimum atomic E-state index is 0.353. The van der Waals surface area contributed by atoms with Gasteiger partial charge < -0.3 is 19.7 Å². The van der Waals surface area contributed by atoms with Gasteiger partial charge in [0.15, 0.2) is 0 Å². The second-order valence-corrected chi connectivity index (χ2v) is 5.76. The molecule has 1 heterocycles. The van der Waals surface area contributed by atoms with Crippen molar-refractivity contribution in [2.75, 3.05) is 47.0 Å². The van der Waals surface area contributed by atoms with Gasteiger partial charge >= 0.3 is 0 Å². The van der Waals surface area contributed by atoms with Gasteiger partial charge in [0.1, 0.15) is 5.75 Å². The Labute approximate surface area is 128 Å². The Hall–Kier alpha value is -1.10. The molecule has 0 saturated carbocycles. The molecule has 2 atom stereocenters. The fourth-order valence-electron chi connectivity index (χ4n) is 3.10. The van der Waals surface area contributed by atoms with Crippen LogP contribution in [0.4, 0.5) is 0 Å². The monoisotopic (exact) mass is 292 g/mol. The fourth-order valence-corrected chi connectivity index (χ4v) is 3.10. The molecule has 21 heavy (non-hydrogen) atoms. The summed E-state index contributed by atoms with van der Waals surface area (Å²) in [7, 11) is 3.51. The van der Waals surface area contributed by atoms with Gasteiger partial charge in [-0.05, 0) is 43.1 Å². The lowest BCUT2D eigenvalue weighted by Gasteiger charge is -2.25. The molecule has 118 valence electrons. The third kappa shape index (κ3) is 4.70. The van der Waals surface area contributed by atoms with Gasteiger partial charge in [0.2, 0.25) is 0 Å². The highest BCUT2D eigenvalue weighted by Crippen LogP contribution is 2.23. The molecule has 2 unspecified atom stereocenters. The summed E-state index contributed by atoms with van der Waals surface area (Å²) in [6, 6.07) is 8.73. The van der Waals surface area contributed by atoms with Crippen molar-refractivity contribution >= 4 is 0 Å². The van der Waals surface area contributed by atoms with Crippen LogP contribution in [0.25, 0.3) is 0 Å². The molecule has 4 heteroatoms. The summed E-state index contributed by atoms with van der Waals surface area (Å²) < 4.78 is 10.6. The topological polar surface area (TPSA) is 33.7 Å². The average molecular weight is 292 g/mol. The zero-order chi connectivity index (χ0) is 15.1. The van der Waals surface area contributed by atoms with Crippen LogP contribution in [0.3, 0.4) is 0 Å². The Morgan fingerprint density at radius 1 is 1.38 bits per heavy atom. The number of nitrogens with zero attached hydrogens (tertiary/aromatic N) is 1.